The normalized spacial score (nSPS) is 12.3. The second-order valence-corrected chi connectivity index (χ2v) is 6.66. The van der Waals surface area contributed by atoms with Gasteiger partial charge < -0.3 is 10.5 Å². The summed E-state index contributed by atoms with van der Waals surface area (Å²) in [6.07, 6.45) is 0. The second-order valence-electron chi connectivity index (χ2n) is 4.51. The number of rotatable bonds is 3. The minimum atomic E-state index is -0.325. The highest BCUT2D eigenvalue weighted by atomic mass is 79.9. The zero-order valence-corrected chi connectivity index (χ0v) is 15.0. The molecule has 2 aromatic carbocycles. The fourth-order valence-electron chi connectivity index (χ4n) is 2.10. The second kappa shape index (κ2) is 6.48. The monoisotopic (exact) mass is 417 g/mol. The topological polar surface area (TPSA) is 35.2 Å². The molecule has 1 atom stereocenters. The molecule has 0 amide bonds. The van der Waals surface area contributed by atoms with Crippen molar-refractivity contribution >= 4 is 43.5 Å². The molecule has 0 spiro atoms. The van der Waals surface area contributed by atoms with Crippen molar-refractivity contribution in [3.8, 4) is 5.75 Å². The van der Waals surface area contributed by atoms with E-state index in [1.807, 2.05) is 25.1 Å². The third kappa shape index (κ3) is 3.19. The maximum atomic E-state index is 6.41. The number of halogens is 3. The van der Waals surface area contributed by atoms with Crippen molar-refractivity contribution in [2.75, 3.05) is 7.11 Å². The Hall–Kier alpha value is -0.550. The summed E-state index contributed by atoms with van der Waals surface area (Å²) < 4.78 is 7.20. The van der Waals surface area contributed by atoms with E-state index >= 15 is 0 Å². The van der Waals surface area contributed by atoms with Gasteiger partial charge in [0.15, 0.2) is 0 Å². The Labute approximate surface area is 140 Å². The number of aryl methyl sites for hydroxylation is 1. The van der Waals surface area contributed by atoms with E-state index in [-0.39, 0.29) is 6.04 Å². The highest BCUT2D eigenvalue weighted by molar-refractivity contribution is 9.10. The number of ether oxygens (including phenoxy) is 1. The van der Waals surface area contributed by atoms with Gasteiger partial charge in [0.25, 0.3) is 0 Å². The number of methoxy groups -OCH3 is 1. The number of benzene rings is 2. The van der Waals surface area contributed by atoms with Crippen LogP contribution in [0, 0.1) is 6.92 Å². The predicted molar refractivity (Wildman–Crippen MR) is 90.6 cm³/mol. The minimum Gasteiger partial charge on any atom is -0.495 e. The van der Waals surface area contributed by atoms with Crippen molar-refractivity contribution in [3.05, 3.63) is 61.0 Å². The van der Waals surface area contributed by atoms with Crippen LogP contribution in [-0.2, 0) is 0 Å². The molecule has 20 heavy (non-hydrogen) atoms. The summed E-state index contributed by atoms with van der Waals surface area (Å²) in [5.41, 5.74) is 9.41. The van der Waals surface area contributed by atoms with Gasteiger partial charge >= 0.3 is 0 Å². The van der Waals surface area contributed by atoms with Crippen molar-refractivity contribution in [2.24, 2.45) is 5.73 Å². The Morgan fingerprint density at radius 1 is 1.10 bits per heavy atom. The maximum Gasteiger partial charge on any atom is 0.138 e. The van der Waals surface area contributed by atoms with Crippen molar-refractivity contribution < 1.29 is 4.74 Å². The molecule has 0 radical (unpaired) electrons. The van der Waals surface area contributed by atoms with Crippen LogP contribution in [0.4, 0.5) is 0 Å². The lowest BCUT2D eigenvalue weighted by atomic mass is 9.97. The molecule has 2 rings (SSSR count). The minimum absolute atomic E-state index is 0.325. The van der Waals surface area contributed by atoms with Gasteiger partial charge in [0.2, 0.25) is 0 Å². The number of hydrogen-bond acceptors (Lipinski definition) is 2. The van der Waals surface area contributed by atoms with Gasteiger partial charge in [0, 0.05) is 15.1 Å². The molecule has 0 saturated heterocycles. The maximum absolute atomic E-state index is 6.41. The van der Waals surface area contributed by atoms with Crippen LogP contribution in [0.1, 0.15) is 22.7 Å². The summed E-state index contributed by atoms with van der Waals surface area (Å²) >= 11 is 13.1. The van der Waals surface area contributed by atoms with Crippen LogP contribution >= 0.6 is 43.5 Å². The van der Waals surface area contributed by atoms with Crippen LogP contribution in [0.5, 0.6) is 5.75 Å². The van der Waals surface area contributed by atoms with E-state index in [9.17, 15) is 0 Å². The first kappa shape index (κ1) is 15.8. The molecule has 0 saturated carbocycles. The van der Waals surface area contributed by atoms with E-state index in [0.717, 1.165) is 25.6 Å². The summed E-state index contributed by atoms with van der Waals surface area (Å²) in [4.78, 5) is 0. The van der Waals surface area contributed by atoms with E-state index in [2.05, 4.69) is 37.9 Å². The van der Waals surface area contributed by atoms with Crippen molar-refractivity contribution in [1.29, 1.82) is 0 Å². The molecule has 0 fully saturated rings. The summed E-state index contributed by atoms with van der Waals surface area (Å²) in [6, 6.07) is 9.39. The molecule has 2 aromatic rings. The van der Waals surface area contributed by atoms with Crippen LogP contribution in [0.2, 0.25) is 5.02 Å². The zero-order chi connectivity index (χ0) is 14.9. The molecule has 5 heteroatoms. The first-order chi connectivity index (χ1) is 9.43. The van der Waals surface area contributed by atoms with Crippen LogP contribution < -0.4 is 10.5 Å². The van der Waals surface area contributed by atoms with Gasteiger partial charge in [0.05, 0.1) is 17.6 Å². The molecule has 0 aliphatic rings. The molecule has 1 unspecified atom stereocenters. The fourth-order valence-corrected chi connectivity index (χ4v) is 3.58. The number of nitrogens with two attached hydrogens (primary N) is 1. The number of hydrogen-bond donors (Lipinski definition) is 1. The Morgan fingerprint density at radius 3 is 2.45 bits per heavy atom. The molecule has 2 nitrogen and oxygen atoms in total. The molecule has 0 aliphatic carbocycles. The molecule has 106 valence electrons. The van der Waals surface area contributed by atoms with Crippen LogP contribution in [0.3, 0.4) is 0 Å². The SMILES string of the molecule is COc1c(Br)cc(Cl)cc1C(N)c1cc(C)ccc1Br. The first-order valence-electron chi connectivity index (χ1n) is 5.98. The van der Waals surface area contributed by atoms with Crippen LogP contribution in [-0.4, -0.2) is 7.11 Å². The lowest BCUT2D eigenvalue weighted by Gasteiger charge is -2.19. The average molecular weight is 420 g/mol. The zero-order valence-electron chi connectivity index (χ0n) is 11.1. The molecule has 0 heterocycles. The van der Waals surface area contributed by atoms with Crippen molar-refractivity contribution in [1.82, 2.24) is 0 Å². The standard InChI is InChI=1S/C15H14Br2ClNO/c1-8-3-4-12(16)10(5-8)14(19)11-6-9(18)7-13(17)15(11)20-2/h3-7,14H,19H2,1-2H3. The van der Waals surface area contributed by atoms with Gasteiger partial charge in [-0.05, 0) is 46.6 Å². The molecule has 2 N–H and O–H groups in total. The molecular formula is C15H14Br2ClNO. The Morgan fingerprint density at radius 2 is 1.80 bits per heavy atom. The fraction of sp³-hybridized carbons (Fsp3) is 0.200. The Balaban J connectivity index is 2.58. The van der Waals surface area contributed by atoms with Gasteiger partial charge in [-0.15, -0.1) is 0 Å². The third-order valence-corrected chi connectivity index (χ3v) is 4.59. The molecular weight excluding hydrogens is 405 g/mol. The van der Waals surface area contributed by atoms with E-state index in [0.29, 0.717) is 10.8 Å². The quantitative estimate of drug-likeness (QED) is 0.739. The van der Waals surface area contributed by atoms with Crippen LogP contribution in [0.25, 0.3) is 0 Å². The Kier molecular flexibility index (Phi) is 5.13. The van der Waals surface area contributed by atoms with Gasteiger partial charge in [-0.2, -0.15) is 0 Å². The van der Waals surface area contributed by atoms with Crippen LogP contribution in [0.15, 0.2) is 39.3 Å². The highest BCUT2D eigenvalue weighted by Gasteiger charge is 2.19. The van der Waals surface area contributed by atoms with E-state index in [1.165, 1.54) is 0 Å². The van der Waals surface area contributed by atoms with Crippen molar-refractivity contribution in [2.45, 2.75) is 13.0 Å². The highest BCUT2D eigenvalue weighted by Crippen LogP contribution is 2.39. The van der Waals surface area contributed by atoms with Crippen molar-refractivity contribution in [3.63, 3.8) is 0 Å². The van der Waals surface area contributed by atoms with E-state index < -0.39 is 0 Å². The van der Waals surface area contributed by atoms with Gasteiger partial charge in [-0.25, -0.2) is 0 Å². The van der Waals surface area contributed by atoms with E-state index in [1.54, 1.807) is 13.2 Å². The molecule has 0 bridgehead atoms. The van der Waals surface area contributed by atoms with E-state index in [4.69, 9.17) is 22.1 Å². The summed E-state index contributed by atoms with van der Waals surface area (Å²) in [5, 5.41) is 0.618. The first-order valence-corrected chi connectivity index (χ1v) is 7.95. The van der Waals surface area contributed by atoms with Gasteiger partial charge in [-0.3, -0.25) is 0 Å². The Bertz CT molecular complexity index is 646. The largest absolute Gasteiger partial charge is 0.495 e. The van der Waals surface area contributed by atoms with Gasteiger partial charge in [0.1, 0.15) is 5.75 Å². The summed E-state index contributed by atoms with van der Waals surface area (Å²) in [7, 11) is 1.62. The average Bonchev–Trinajstić information content (AvgIpc) is 2.40. The third-order valence-electron chi connectivity index (χ3n) is 3.06. The molecule has 0 aliphatic heterocycles. The van der Waals surface area contributed by atoms with Gasteiger partial charge in [-0.1, -0.05) is 45.2 Å². The summed E-state index contributed by atoms with van der Waals surface area (Å²) in [5.74, 6) is 0.704. The predicted octanol–water partition coefficient (Wildman–Crippen LogP) is 5.23. The smallest absolute Gasteiger partial charge is 0.138 e. The lowest BCUT2D eigenvalue weighted by Crippen LogP contribution is -2.14. The lowest BCUT2D eigenvalue weighted by molar-refractivity contribution is 0.405. The molecule has 0 aromatic heterocycles. The summed E-state index contributed by atoms with van der Waals surface area (Å²) in [6.45, 7) is 2.04.